The highest BCUT2D eigenvalue weighted by molar-refractivity contribution is 6.42. The number of methoxy groups -OCH3 is 1. The number of halogens is 3. The highest BCUT2D eigenvalue weighted by atomic mass is 35.5. The fourth-order valence-electron chi connectivity index (χ4n) is 4.10. The van der Waals surface area contributed by atoms with E-state index in [-0.39, 0.29) is 23.8 Å². The van der Waals surface area contributed by atoms with E-state index < -0.39 is 0 Å². The van der Waals surface area contributed by atoms with Gasteiger partial charge in [-0.25, -0.2) is 9.97 Å². The van der Waals surface area contributed by atoms with Crippen LogP contribution in [-0.4, -0.2) is 47.1 Å². The molecule has 0 N–H and O–H groups in total. The third-order valence-corrected chi connectivity index (χ3v) is 6.87. The van der Waals surface area contributed by atoms with Crippen LogP contribution in [0.15, 0.2) is 54.9 Å². The van der Waals surface area contributed by atoms with Gasteiger partial charge in [-0.1, -0.05) is 40.9 Å². The second-order valence-electron chi connectivity index (χ2n) is 7.86. The molecule has 0 spiro atoms. The van der Waals surface area contributed by atoms with Gasteiger partial charge < -0.3 is 14.4 Å². The van der Waals surface area contributed by atoms with Crippen LogP contribution in [0, 0.1) is 5.92 Å². The molecule has 3 atom stereocenters. The van der Waals surface area contributed by atoms with Crippen molar-refractivity contribution in [2.45, 2.75) is 18.9 Å². The molecular weight excluding hydrogens is 485 g/mol. The minimum atomic E-state index is -0.274. The van der Waals surface area contributed by atoms with Gasteiger partial charge in [0.2, 0.25) is 11.8 Å². The van der Waals surface area contributed by atoms with Crippen molar-refractivity contribution in [1.82, 2.24) is 14.9 Å². The molecule has 1 aliphatic heterocycles. The molecule has 172 valence electrons. The van der Waals surface area contributed by atoms with Crippen molar-refractivity contribution < 1.29 is 14.3 Å². The van der Waals surface area contributed by atoms with E-state index in [1.54, 1.807) is 41.4 Å². The highest BCUT2D eigenvalue weighted by Gasteiger charge is 2.40. The first-order chi connectivity index (χ1) is 15.9. The molecule has 0 saturated carbocycles. The van der Waals surface area contributed by atoms with Gasteiger partial charge >= 0.3 is 0 Å². The van der Waals surface area contributed by atoms with E-state index in [1.807, 2.05) is 19.1 Å². The Balaban J connectivity index is 1.61. The van der Waals surface area contributed by atoms with Crippen LogP contribution in [-0.2, 0) is 0 Å². The van der Waals surface area contributed by atoms with Gasteiger partial charge in [0.1, 0.15) is 11.1 Å². The number of likely N-dealkylation sites (tertiary alicyclic amines) is 1. The molecule has 3 heterocycles. The van der Waals surface area contributed by atoms with Crippen molar-refractivity contribution in [3.05, 3.63) is 81.1 Å². The monoisotopic (exact) mass is 505 g/mol. The molecule has 0 radical (unpaired) electrons. The highest BCUT2D eigenvalue weighted by Crippen LogP contribution is 2.39. The summed E-state index contributed by atoms with van der Waals surface area (Å²) >= 11 is 18.7. The van der Waals surface area contributed by atoms with Crippen LogP contribution in [0.4, 0.5) is 0 Å². The van der Waals surface area contributed by atoms with Gasteiger partial charge in [-0.15, -0.1) is 0 Å². The zero-order chi connectivity index (χ0) is 23.5. The van der Waals surface area contributed by atoms with Gasteiger partial charge in [0.15, 0.2) is 0 Å². The molecule has 0 unspecified atom stereocenters. The van der Waals surface area contributed by atoms with Crippen molar-refractivity contribution >= 4 is 40.7 Å². The van der Waals surface area contributed by atoms with Crippen LogP contribution in [0.1, 0.15) is 28.8 Å². The zero-order valence-electron chi connectivity index (χ0n) is 18.0. The van der Waals surface area contributed by atoms with Gasteiger partial charge in [-0.2, -0.15) is 0 Å². The summed E-state index contributed by atoms with van der Waals surface area (Å²) in [6.45, 7) is 2.95. The first kappa shape index (κ1) is 23.6. The third kappa shape index (κ3) is 5.18. The minimum Gasteiger partial charge on any atom is -0.481 e. The molecule has 0 bridgehead atoms. The normalized spacial score (nSPS) is 18.8. The summed E-state index contributed by atoms with van der Waals surface area (Å²) < 4.78 is 11.2. The maximum atomic E-state index is 13.2. The van der Waals surface area contributed by atoms with E-state index >= 15 is 0 Å². The Labute approximate surface area is 207 Å². The van der Waals surface area contributed by atoms with Gasteiger partial charge in [-0.3, -0.25) is 4.79 Å². The van der Waals surface area contributed by atoms with Crippen LogP contribution in [0.2, 0.25) is 15.1 Å². The predicted molar refractivity (Wildman–Crippen MR) is 129 cm³/mol. The Morgan fingerprint density at radius 1 is 1.06 bits per heavy atom. The Morgan fingerprint density at radius 3 is 2.55 bits per heavy atom. The number of rotatable bonds is 6. The molecule has 4 rings (SSSR count). The van der Waals surface area contributed by atoms with Gasteiger partial charge in [-0.05, 0) is 42.8 Å². The number of hydrogen-bond donors (Lipinski definition) is 0. The summed E-state index contributed by atoms with van der Waals surface area (Å²) in [6, 6.07) is 12.4. The quantitative estimate of drug-likeness (QED) is 0.425. The first-order valence-corrected chi connectivity index (χ1v) is 11.5. The molecule has 1 fully saturated rings. The number of ether oxygens (including phenoxy) is 2. The van der Waals surface area contributed by atoms with Crippen LogP contribution in [0.25, 0.3) is 0 Å². The Morgan fingerprint density at radius 2 is 1.88 bits per heavy atom. The van der Waals surface area contributed by atoms with E-state index in [0.717, 1.165) is 5.56 Å². The van der Waals surface area contributed by atoms with Crippen LogP contribution < -0.4 is 9.47 Å². The van der Waals surface area contributed by atoms with Crippen molar-refractivity contribution in [3.63, 3.8) is 0 Å². The van der Waals surface area contributed by atoms with E-state index in [9.17, 15) is 4.79 Å². The van der Waals surface area contributed by atoms with Gasteiger partial charge in [0, 0.05) is 43.4 Å². The van der Waals surface area contributed by atoms with E-state index in [4.69, 9.17) is 44.3 Å². The lowest BCUT2D eigenvalue weighted by atomic mass is 9.86. The largest absolute Gasteiger partial charge is 0.481 e. The van der Waals surface area contributed by atoms with Gasteiger partial charge in [0.05, 0.1) is 22.7 Å². The average Bonchev–Trinajstić information content (AvgIpc) is 3.27. The molecule has 9 heteroatoms. The standard InChI is InChI=1S/C24H22Cl3N3O3/c1-14(33-23-20(26)4-3-9-28-23)17-12-30(24(31)16-6-8-22(32-2)29-11-16)13-18(17)15-5-7-19(25)21(27)10-15/h3-11,14,17-18H,12-13H2,1-2H3/t14-,17+,18+/m1/s1. The van der Waals surface area contributed by atoms with Crippen LogP contribution in [0.5, 0.6) is 11.8 Å². The minimum absolute atomic E-state index is 0.0209. The molecule has 2 aromatic heterocycles. The van der Waals surface area contributed by atoms with Crippen molar-refractivity contribution in [1.29, 1.82) is 0 Å². The molecule has 6 nitrogen and oxygen atoms in total. The lowest BCUT2D eigenvalue weighted by molar-refractivity contribution is 0.0769. The summed E-state index contributed by atoms with van der Waals surface area (Å²) in [5.41, 5.74) is 1.48. The fourth-order valence-corrected chi connectivity index (χ4v) is 4.57. The lowest BCUT2D eigenvalue weighted by Crippen LogP contribution is -2.32. The fraction of sp³-hybridized carbons (Fsp3) is 0.292. The number of carbonyl (C=O) groups excluding carboxylic acids is 1. The SMILES string of the molecule is COc1ccc(C(=O)N2C[C@@H]([C@@H](C)Oc3ncccc3Cl)[C@H](c3ccc(Cl)c(Cl)c3)C2)cn1. The second-order valence-corrected chi connectivity index (χ2v) is 9.08. The maximum absolute atomic E-state index is 13.2. The number of hydrogen-bond acceptors (Lipinski definition) is 5. The molecule has 1 aliphatic rings. The van der Waals surface area contributed by atoms with E-state index in [2.05, 4.69) is 9.97 Å². The molecule has 1 aromatic carbocycles. The summed E-state index contributed by atoms with van der Waals surface area (Å²) in [6.07, 6.45) is 2.88. The van der Waals surface area contributed by atoms with Crippen molar-refractivity contribution in [2.24, 2.45) is 5.92 Å². The number of nitrogens with zero attached hydrogens (tertiary/aromatic N) is 3. The number of aromatic nitrogens is 2. The number of amides is 1. The molecule has 3 aromatic rings. The number of carbonyl (C=O) groups is 1. The lowest BCUT2D eigenvalue weighted by Gasteiger charge is -2.26. The Hall–Kier alpha value is -2.54. The Bertz CT molecular complexity index is 1140. The summed E-state index contributed by atoms with van der Waals surface area (Å²) in [5.74, 6) is 0.654. The summed E-state index contributed by atoms with van der Waals surface area (Å²) in [5, 5.41) is 1.39. The third-order valence-electron chi connectivity index (χ3n) is 5.84. The maximum Gasteiger partial charge on any atom is 0.255 e. The number of benzene rings is 1. The Kier molecular flexibility index (Phi) is 7.27. The zero-order valence-corrected chi connectivity index (χ0v) is 20.3. The predicted octanol–water partition coefficient (Wildman–Crippen LogP) is 5.77. The molecule has 1 amide bonds. The molecule has 1 saturated heterocycles. The van der Waals surface area contributed by atoms with Crippen molar-refractivity contribution in [3.8, 4) is 11.8 Å². The number of pyridine rings is 2. The second kappa shape index (κ2) is 10.2. The van der Waals surface area contributed by atoms with Crippen molar-refractivity contribution in [2.75, 3.05) is 20.2 Å². The van der Waals surface area contributed by atoms with E-state index in [0.29, 0.717) is 45.5 Å². The summed E-state index contributed by atoms with van der Waals surface area (Å²) in [7, 11) is 1.53. The molecular formula is C24H22Cl3N3O3. The van der Waals surface area contributed by atoms with E-state index in [1.165, 1.54) is 13.3 Å². The summed E-state index contributed by atoms with van der Waals surface area (Å²) in [4.78, 5) is 23.5. The topological polar surface area (TPSA) is 64.5 Å². The first-order valence-electron chi connectivity index (χ1n) is 10.4. The van der Waals surface area contributed by atoms with Crippen LogP contribution >= 0.6 is 34.8 Å². The molecule has 0 aliphatic carbocycles. The van der Waals surface area contributed by atoms with Gasteiger partial charge in [0.25, 0.3) is 5.91 Å². The smallest absolute Gasteiger partial charge is 0.255 e. The average molecular weight is 507 g/mol. The molecule has 33 heavy (non-hydrogen) atoms. The van der Waals surface area contributed by atoms with Crippen LogP contribution in [0.3, 0.4) is 0 Å².